The number of benzene rings is 7. The van der Waals surface area contributed by atoms with Crippen LogP contribution in [0.25, 0.3) is 108 Å². The molecule has 0 saturated carbocycles. The molecule has 0 aliphatic carbocycles. The van der Waals surface area contributed by atoms with Gasteiger partial charge in [-0.1, -0.05) is 60.7 Å². The van der Waals surface area contributed by atoms with E-state index in [2.05, 4.69) is 117 Å². The zero-order valence-corrected chi connectivity index (χ0v) is 24.5. The van der Waals surface area contributed by atoms with Gasteiger partial charge < -0.3 is 0 Å². The Morgan fingerprint density at radius 2 is 0.739 bits per heavy atom. The van der Waals surface area contributed by atoms with E-state index < -0.39 is 0 Å². The van der Waals surface area contributed by atoms with Crippen LogP contribution in [0.3, 0.4) is 0 Å². The highest BCUT2D eigenvalue weighted by molar-refractivity contribution is 6.41. The zero-order valence-electron chi connectivity index (χ0n) is 24.5. The van der Waals surface area contributed by atoms with Crippen LogP contribution in [0.1, 0.15) is 0 Å². The minimum Gasteiger partial charge on any atom is -0.244 e. The molecule has 0 fully saturated rings. The molecule has 0 aliphatic heterocycles. The molecule has 11 aromatic rings. The maximum Gasteiger partial charge on any atom is 0.115 e. The summed E-state index contributed by atoms with van der Waals surface area (Å²) in [7, 11) is 0. The molecule has 2 heterocycles. The largest absolute Gasteiger partial charge is 0.244 e. The highest BCUT2D eigenvalue weighted by atomic mass is 14.8. The molecule has 0 aliphatic rings. The Bertz CT molecular complexity index is 3010. The smallest absolute Gasteiger partial charge is 0.115 e. The van der Waals surface area contributed by atoms with Crippen LogP contribution in [0, 0.1) is 0 Å². The number of hydrogen-bond donors (Lipinski definition) is 0. The van der Waals surface area contributed by atoms with Crippen molar-refractivity contribution in [3.63, 3.8) is 0 Å². The molecule has 4 heteroatoms. The average molecular weight is 583 g/mol. The first kappa shape index (κ1) is 24.1. The number of aromatic nitrogens is 4. The summed E-state index contributed by atoms with van der Waals surface area (Å²) in [6, 6.07) is 36.7. The standard InChI is InChI=1S/C42H22N4/c1-3-30-34-13-25(28-19-45-22-46-20-28)9-10-29(34)39-15-37-33-6-2-4-31-35-14-26-11-23(27-17-43-21-44-18-27)7-8-24(26)12-36(35)40(42(31)33)16-38(37)32(5-1)41(30)39/h1-22H. The van der Waals surface area contributed by atoms with Crippen molar-refractivity contribution < 1.29 is 0 Å². The fraction of sp³-hybridized carbons (Fsp3) is 0. The van der Waals surface area contributed by atoms with E-state index in [-0.39, 0.29) is 0 Å². The summed E-state index contributed by atoms with van der Waals surface area (Å²) in [5.74, 6) is 0. The Balaban J connectivity index is 1.23. The van der Waals surface area contributed by atoms with E-state index in [0.29, 0.717) is 0 Å². The average Bonchev–Trinajstić information content (AvgIpc) is 3.61. The predicted octanol–water partition coefficient (Wildman–Crippen LogP) is 10.7. The van der Waals surface area contributed by atoms with Crippen molar-refractivity contribution in [2.45, 2.75) is 0 Å². The van der Waals surface area contributed by atoms with Gasteiger partial charge in [-0.2, -0.15) is 0 Å². The molecular weight excluding hydrogens is 560 g/mol. The molecule has 0 N–H and O–H groups in total. The first-order chi connectivity index (χ1) is 22.8. The molecule has 0 saturated heterocycles. The molecular formula is C42H22N4. The van der Waals surface area contributed by atoms with Gasteiger partial charge in [-0.05, 0) is 134 Å². The normalized spacial score (nSPS) is 12.3. The summed E-state index contributed by atoms with van der Waals surface area (Å²) in [6.07, 6.45) is 10.7. The quantitative estimate of drug-likeness (QED) is 0.190. The summed E-state index contributed by atoms with van der Waals surface area (Å²) in [6.45, 7) is 0. The van der Waals surface area contributed by atoms with Crippen LogP contribution in [-0.2, 0) is 0 Å². The molecule has 210 valence electrons. The lowest BCUT2D eigenvalue weighted by Gasteiger charge is -2.10. The van der Waals surface area contributed by atoms with Gasteiger partial charge in [0, 0.05) is 35.9 Å². The van der Waals surface area contributed by atoms with Crippen LogP contribution in [0.15, 0.2) is 135 Å². The van der Waals surface area contributed by atoms with E-state index in [0.717, 1.165) is 22.3 Å². The second-order valence-corrected chi connectivity index (χ2v) is 12.4. The molecule has 9 aromatic carbocycles. The Hall–Kier alpha value is -6.26. The van der Waals surface area contributed by atoms with Crippen molar-refractivity contribution in [2.24, 2.45) is 0 Å². The van der Waals surface area contributed by atoms with Crippen molar-refractivity contribution in [3.8, 4) is 22.3 Å². The van der Waals surface area contributed by atoms with Crippen LogP contribution < -0.4 is 0 Å². The molecule has 0 atom stereocenters. The van der Waals surface area contributed by atoms with Gasteiger partial charge in [0.2, 0.25) is 0 Å². The van der Waals surface area contributed by atoms with Gasteiger partial charge in [0.1, 0.15) is 12.7 Å². The molecule has 2 aromatic heterocycles. The lowest BCUT2D eigenvalue weighted by atomic mass is 9.93. The number of fused-ring (bicyclic) bond motifs is 10. The summed E-state index contributed by atoms with van der Waals surface area (Å²) >= 11 is 0. The van der Waals surface area contributed by atoms with E-state index in [4.69, 9.17) is 0 Å². The fourth-order valence-electron chi connectivity index (χ4n) is 8.04. The Labute approximate surface area is 262 Å². The van der Waals surface area contributed by atoms with Crippen LogP contribution in [0.5, 0.6) is 0 Å². The highest BCUT2D eigenvalue weighted by Crippen LogP contribution is 2.48. The second kappa shape index (κ2) is 8.68. The highest BCUT2D eigenvalue weighted by Gasteiger charge is 2.20. The van der Waals surface area contributed by atoms with E-state index in [1.165, 1.54) is 86.2 Å². The van der Waals surface area contributed by atoms with Crippen molar-refractivity contribution in [1.29, 1.82) is 0 Å². The van der Waals surface area contributed by atoms with E-state index in [1.807, 2.05) is 24.8 Å². The summed E-state index contributed by atoms with van der Waals surface area (Å²) in [5, 5.41) is 20.7. The number of rotatable bonds is 2. The summed E-state index contributed by atoms with van der Waals surface area (Å²) in [4.78, 5) is 17.0. The molecule has 0 amide bonds. The monoisotopic (exact) mass is 582 g/mol. The molecule has 0 radical (unpaired) electrons. The molecule has 0 spiro atoms. The first-order valence-electron chi connectivity index (χ1n) is 15.5. The van der Waals surface area contributed by atoms with Gasteiger partial charge in [0.25, 0.3) is 0 Å². The van der Waals surface area contributed by atoms with E-state index >= 15 is 0 Å². The Morgan fingerprint density at radius 3 is 1.35 bits per heavy atom. The van der Waals surface area contributed by atoms with Crippen molar-refractivity contribution in [3.05, 3.63) is 135 Å². The van der Waals surface area contributed by atoms with Crippen molar-refractivity contribution in [1.82, 2.24) is 19.9 Å². The molecule has 46 heavy (non-hydrogen) atoms. The SMILES string of the molecule is c1cc2c3cc(-c4cncnc4)ccc3c3cc4c(cc5c6cc7ccc(-c8cncnc8)cc7cc6c6cccc4c65)c(c1)c23. The number of hydrogen-bond acceptors (Lipinski definition) is 4. The Kier molecular flexibility index (Phi) is 4.55. The Morgan fingerprint density at radius 1 is 0.283 bits per heavy atom. The van der Waals surface area contributed by atoms with Gasteiger partial charge in [0.05, 0.1) is 0 Å². The van der Waals surface area contributed by atoms with Gasteiger partial charge in [-0.15, -0.1) is 0 Å². The third-order valence-corrected chi connectivity index (χ3v) is 10.1. The zero-order chi connectivity index (χ0) is 29.9. The third kappa shape index (κ3) is 3.12. The molecule has 4 nitrogen and oxygen atoms in total. The number of nitrogens with zero attached hydrogens (tertiary/aromatic N) is 4. The van der Waals surface area contributed by atoms with Crippen molar-refractivity contribution in [2.75, 3.05) is 0 Å². The maximum atomic E-state index is 4.25. The third-order valence-electron chi connectivity index (χ3n) is 10.1. The second-order valence-electron chi connectivity index (χ2n) is 12.4. The summed E-state index contributed by atoms with van der Waals surface area (Å²) < 4.78 is 0. The topological polar surface area (TPSA) is 51.6 Å². The van der Waals surface area contributed by atoms with E-state index in [1.54, 1.807) is 12.7 Å². The minimum absolute atomic E-state index is 1.02. The van der Waals surface area contributed by atoms with Gasteiger partial charge >= 0.3 is 0 Å². The molecule has 11 rings (SSSR count). The lowest BCUT2D eigenvalue weighted by Crippen LogP contribution is -1.83. The summed E-state index contributed by atoms with van der Waals surface area (Å²) in [5.41, 5.74) is 4.31. The van der Waals surface area contributed by atoms with Gasteiger partial charge in [0.15, 0.2) is 0 Å². The van der Waals surface area contributed by atoms with Crippen LogP contribution >= 0.6 is 0 Å². The predicted molar refractivity (Wildman–Crippen MR) is 191 cm³/mol. The van der Waals surface area contributed by atoms with Crippen LogP contribution in [-0.4, -0.2) is 19.9 Å². The van der Waals surface area contributed by atoms with Crippen LogP contribution in [0.4, 0.5) is 0 Å². The maximum absolute atomic E-state index is 4.25. The first-order valence-corrected chi connectivity index (χ1v) is 15.5. The van der Waals surface area contributed by atoms with Gasteiger partial charge in [-0.25, -0.2) is 19.9 Å². The van der Waals surface area contributed by atoms with Crippen LogP contribution in [0.2, 0.25) is 0 Å². The molecule has 0 bridgehead atoms. The van der Waals surface area contributed by atoms with E-state index in [9.17, 15) is 0 Å². The molecule has 0 unspecified atom stereocenters. The fourth-order valence-corrected chi connectivity index (χ4v) is 8.04. The lowest BCUT2D eigenvalue weighted by molar-refractivity contribution is 1.17. The van der Waals surface area contributed by atoms with Gasteiger partial charge in [-0.3, -0.25) is 0 Å². The van der Waals surface area contributed by atoms with Crippen molar-refractivity contribution >= 4 is 86.2 Å². The minimum atomic E-state index is 1.02.